The van der Waals surface area contributed by atoms with E-state index in [-0.39, 0.29) is 37.8 Å². The number of nitrogens with zero attached hydrogens (tertiary/aromatic N) is 1. The Morgan fingerprint density at radius 2 is 1.70 bits per heavy atom. The Hall–Kier alpha value is -3.39. The standard InChI is InChI=1S/C29H39NO7/c1-5-10-23(25(31)6-2)20-30(29(34)37-26-12-9-8-11-21(26)4)17-18-36-24-15-13-22(14-16-24)19-27(28(32)33)35-7-3/h8-9,11-16,23,27H,5-7,10,17-20H2,1-4H3,(H,32,33). The molecule has 2 rings (SSSR count). The lowest BCUT2D eigenvalue weighted by Crippen LogP contribution is -2.41. The van der Waals surface area contributed by atoms with Gasteiger partial charge in [-0.05, 0) is 49.6 Å². The van der Waals surface area contributed by atoms with E-state index in [9.17, 15) is 19.5 Å². The molecule has 8 nitrogen and oxygen atoms in total. The van der Waals surface area contributed by atoms with Crippen molar-refractivity contribution in [1.82, 2.24) is 4.90 Å². The molecule has 2 unspecified atom stereocenters. The fourth-order valence-corrected chi connectivity index (χ4v) is 3.97. The Kier molecular flexibility index (Phi) is 12.6. The van der Waals surface area contributed by atoms with Gasteiger partial charge in [-0.1, -0.05) is 50.6 Å². The molecule has 2 aromatic rings. The zero-order valence-corrected chi connectivity index (χ0v) is 22.3. The van der Waals surface area contributed by atoms with Crippen LogP contribution in [0.5, 0.6) is 11.5 Å². The van der Waals surface area contributed by atoms with Crippen molar-refractivity contribution in [2.45, 2.75) is 59.5 Å². The van der Waals surface area contributed by atoms with Crippen molar-refractivity contribution in [1.29, 1.82) is 0 Å². The van der Waals surface area contributed by atoms with E-state index in [1.165, 1.54) is 4.90 Å². The number of ether oxygens (including phenoxy) is 3. The highest BCUT2D eigenvalue weighted by molar-refractivity contribution is 5.81. The minimum atomic E-state index is -0.997. The first-order valence-electron chi connectivity index (χ1n) is 12.9. The van der Waals surface area contributed by atoms with Crippen molar-refractivity contribution >= 4 is 17.8 Å². The lowest BCUT2D eigenvalue weighted by molar-refractivity contribution is -0.150. The minimum absolute atomic E-state index is 0.124. The number of Topliss-reactive ketones (excluding diaryl/α,β-unsaturated/α-hetero) is 1. The summed E-state index contributed by atoms with van der Waals surface area (Å²) in [5.74, 6) is -0.0589. The second-order valence-electron chi connectivity index (χ2n) is 8.86. The Morgan fingerprint density at radius 3 is 2.30 bits per heavy atom. The second-order valence-corrected chi connectivity index (χ2v) is 8.86. The number of carbonyl (C=O) groups excluding carboxylic acids is 2. The molecule has 1 amide bonds. The average Bonchev–Trinajstić information content (AvgIpc) is 2.89. The monoisotopic (exact) mass is 513 g/mol. The predicted molar refractivity (Wildman–Crippen MR) is 141 cm³/mol. The highest BCUT2D eigenvalue weighted by Crippen LogP contribution is 2.20. The molecule has 1 N–H and O–H groups in total. The third-order valence-electron chi connectivity index (χ3n) is 6.05. The average molecular weight is 514 g/mol. The summed E-state index contributed by atoms with van der Waals surface area (Å²) < 4.78 is 16.8. The molecule has 0 heterocycles. The number of rotatable bonds is 16. The van der Waals surface area contributed by atoms with Gasteiger partial charge in [0.1, 0.15) is 23.9 Å². The van der Waals surface area contributed by atoms with Crippen LogP contribution < -0.4 is 9.47 Å². The van der Waals surface area contributed by atoms with E-state index in [0.29, 0.717) is 30.9 Å². The molecule has 202 valence electrons. The van der Waals surface area contributed by atoms with E-state index in [2.05, 4.69) is 0 Å². The van der Waals surface area contributed by atoms with E-state index in [1.807, 2.05) is 32.9 Å². The largest absolute Gasteiger partial charge is 0.492 e. The maximum absolute atomic E-state index is 13.1. The van der Waals surface area contributed by atoms with Gasteiger partial charge in [0, 0.05) is 31.9 Å². The molecule has 0 radical (unpaired) electrons. The highest BCUT2D eigenvalue weighted by Gasteiger charge is 2.25. The van der Waals surface area contributed by atoms with Crippen LogP contribution in [0.15, 0.2) is 48.5 Å². The molecule has 0 saturated carbocycles. The Labute approximate surface area is 219 Å². The minimum Gasteiger partial charge on any atom is -0.492 e. The molecule has 2 atom stereocenters. The SMILES string of the molecule is CCCC(CN(CCOc1ccc(CC(OCC)C(=O)O)cc1)C(=O)Oc1ccccc1C)C(=O)CC. The first-order chi connectivity index (χ1) is 17.8. The molecule has 0 aliphatic heterocycles. The molecular weight excluding hydrogens is 474 g/mol. The number of carbonyl (C=O) groups is 3. The summed E-state index contributed by atoms with van der Waals surface area (Å²) >= 11 is 0. The van der Waals surface area contributed by atoms with Gasteiger partial charge >= 0.3 is 12.1 Å². The number of aliphatic carboxylic acids is 1. The maximum Gasteiger partial charge on any atom is 0.415 e. The summed E-state index contributed by atoms with van der Waals surface area (Å²) in [6.45, 7) is 8.52. The van der Waals surface area contributed by atoms with Crippen molar-refractivity contribution in [2.24, 2.45) is 5.92 Å². The van der Waals surface area contributed by atoms with Crippen molar-refractivity contribution in [3.05, 3.63) is 59.7 Å². The van der Waals surface area contributed by atoms with Crippen LogP contribution in [-0.2, 0) is 20.7 Å². The van der Waals surface area contributed by atoms with E-state index >= 15 is 0 Å². The molecule has 37 heavy (non-hydrogen) atoms. The first-order valence-corrected chi connectivity index (χ1v) is 12.9. The van der Waals surface area contributed by atoms with Gasteiger partial charge in [-0.2, -0.15) is 0 Å². The number of carboxylic acid groups (broad SMARTS) is 1. The van der Waals surface area contributed by atoms with E-state index < -0.39 is 18.2 Å². The molecular formula is C29H39NO7. The number of hydrogen-bond donors (Lipinski definition) is 1. The van der Waals surface area contributed by atoms with Crippen molar-refractivity contribution in [3.8, 4) is 11.5 Å². The van der Waals surface area contributed by atoms with Crippen LogP contribution in [0.3, 0.4) is 0 Å². The van der Waals surface area contributed by atoms with Crippen LogP contribution in [0.1, 0.15) is 51.2 Å². The van der Waals surface area contributed by atoms with Gasteiger partial charge in [0.2, 0.25) is 0 Å². The fourth-order valence-electron chi connectivity index (χ4n) is 3.97. The third kappa shape index (κ3) is 9.88. The van der Waals surface area contributed by atoms with E-state index in [4.69, 9.17) is 14.2 Å². The van der Waals surface area contributed by atoms with Crippen LogP contribution in [0, 0.1) is 12.8 Å². The topological polar surface area (TPSA) is 102 Å². The van der Waals surface area contributed by atoms with E-state index in [1.54, 1.807) is 43.3 Å². The van der Waals surface area contributed by atoms with Gasteiger partial charge in [-0.25, -0.2) is 9.59 Å². The lowest BCUT2D eigenvalue weighted by Gasteiger charge is -2.26. The number of amides is 1. The quantitative estimate of drug-likeness (QED) is 0.325. The van der Waals surface area contributed by atoms with Crippen LogP contribution in [0.2, 0.25) is 0 Å². The van der Waals surface area contributed by atoms with Crippen LogP contribution in [0.4, 0.5) is 4.79 Å². The number of ketones is 1. The summed E-state index contributed by atoms with van der Waals surface area (Å²) in [6, 6.07) is 14.4. The predicted octanol–water partition coefficient (Wildman–Crippen LogP) is 5.30. The molecule has 0 fully saturated rings. The number of hydrogen-bond acceptors (Lipinski definition) is 6. The first kappa shape index (κ1) is 29.8. The van der Waals surface area contributed by atoms with Crippen molar-refractivity contribution in [3.63, 3.8) is 0 Å². The van der Waals surface area contributed by atoms with Crippen LogP contribution >= 0.6 is 0 Å². The summed E-state index contributed by atoms with van der Waals surface area (Å²) in [6.07, 6.45) is 0.793. The van der Waals surface area contributed by atoms with Gasteiger partial charge in [0.25, 0.3) is 0 Å². The maximum atomic E-state index is 13.1. The lowest BCUT2D eigenvalue weighted by atomic mass is 9.96. The van der Waals surface area contributed by atoms with Crippen LogP contribution in [-0.4, -0.2) is 60.3 Å². The zero-order valence-electron chi connectivity index (χ0n) is 22.3. The Bertz CT molecular complexity index is 1010. The van der Waals surface area contributed by atoms with E-state index in [0.717, 1.165) is 17.5 Å². The Balaban J connectivity index is 2.05. The molecule has 0 bridgehead atoms. The van der Waals surface area contributed by atoms with Gasteiger partial charge < -0.3 is 24.2 Å². The molecule has 0 aromatic heterocycles. The number of carboxylic acids is 1. The van der Waals surface area contributed by atoms with Gasteiger partial charge in [0.15, 0.2) is 6.10 Å². The number of aryl methyl sites for hydroxylation is 1. The normalized spacial score (nSPS) is 12.4. The molecule has 0 saturated heterocycles. The summed E-state index contributed by atoms with van der Waals surface area (Å²) in [5.41, 5.74) is 1.66. The Morgan fingerprint density at radius 1 is 1.00 bits per heavy atom. The van der Waals surface area contributed by atoms with Crippen molar-refractivity contribution in [2.75, 3.05) is 26.3 Å². The van der Waals surface area contributed by atoms with Crippen LogP contribution in [0.25, 0.3) is 0 Å². The molecule has 2 aromatic carbocycles. The summed E-state index contributed by atoms with van der Waals surface area (Å²) in [7, 11) is 0. The third-order valence-corrected chi connectivity index (χ3v) is 6.05. The molecule has 8 heteroatoms. The van der Waals surface area contributed by atoms with Gasteiger partial charge in [0.05, 0.1) is 6.54 Å². The molecule has 0 spiro atoms. The van der Waals surface area contributed by atoms with Crippen molar-refractivity contribution < 1.29 is 33.7 Å². The highest BCUT2D eigenvalue weighted by atomic mass is 16.6. The van der Waals surface area contributed by atoms with Gasteiger partial charge in [-0.3, -0.25) is 4.79 Å². The zero-order chi connectivity index (χ0) is 27.2. The molecule has 0 aliphatic rings. The summed E-state index contributed by atoms with van der Waals surface area (Å²) in [5, 5.41) is 9.27. The second kappa shape index (κ2) is 15.7. The molecule has 0 aliphatic carbocycles. The number of benzene rings is 2. The van der Waals surface area contributed by atoms with Gasteiger partial charge in [-0.15, -0.1) is 0 Å². The smallest absolute Gasteiger partial charge is 0.415 e. The number of para-hydroxylation sites is 1. The fraction of sp³-hybridized carbons (Fsp3) is 0.483. The summed E-state index contributed by atoms with van der Waals surface area (Å²) in [4.78, 5) is 38.5.